The molecule has 0 aromatic heterocycles. The molecular formula is C15H30N2O. The van der Waals surface area contributed by atoms with Gasteiger partial charge in [-0.15, -0.1) is 0 Å². The molecule has 1 fully saturated rings. The maximum Gasteiger partial charge on any atom is 0.220 e. The van der Waals surface area contributed by atoms with Crippen molar-refractivity contribution >= 4 is 5.91 Å². The van der Waals surface area contributed by atoms with Crippen LogP contribution in [0.15, 0.2) is 0 Å². The molecule has 0 atom stereocenters. The Morgan fingerprint density at radius 1 is 1.11 bits per heavy atom. The number of amides is 1. The molecule has 106 valence electrons. The Morgan fingerprint density at radius 2 is 1.61 bits per heavy atom. The number of carbonyl (C=O) groups is 1. The second kappa shape index (κ2) is 5.60. The second-order valence-corrected chi connectivity index (χ2v) is 7.60. The summed E-state index contributed by atoms with van der Waals surface area (Å²) in [5, 5.41) is 3.06. The molecule has 1 aliphatic heterocycles. The number of hydrogen-bond acceptors (Lipinski definition) is 2. The summed E-state index contributed by atoms with van der Waals surface area (Å²) in [5.74, 6) is 0.766. The van der Waals surface area contributed by atoms with Crippen molar-refractivity contribution < 1.29 is 4.79 Å². The lowest BCUT2D eigenvalue weighted by Crippen LogP contribution is -2.47. The SMILES string of the molecule is CC(C)(C)NC(=O)CC1CCN(C(C)(C)C)CC1. The van der Waals surface area contributed by atoms with Crippen molar-refractivity contribution in [2.75, 3.05) is 13.1 Å². The van der Waals surface area contributed by atoms with Crippen LogP contribution in [0.25, 0.3) is 0 Å². The molecule has 1 aliphatic rings. The third-order valence-electron chi connectivity index (χ3n) is 3.55. The van der Waals surface area contributed by atoms with E-state index >= 15 is 0 Å². The fourth-order valence-corrected chi connectivity index (χ4v) is 2.54. The predicted molar refractivity (Wildman–Crippen MR) is 76.6 cm³/mol. The van der Waals surface area contributed by atoms with Gasteiger partial charge in [0.1, 0.15) is 0 Å². The summed E-state index contributed by atoms with van der Waals surface area (Å²) in [6.07, 6.45) is 2.99. The van der Waals surface area contributed by atoms with E-state index in [0.29, 0.717) is 12.3 Å². The highest BCUT2D eigenvalue weighted by Crippen LogP contribution is 2.25. The van der Waals surface area contributed by atoms with Gasteiger partial charge >= 0.3 is 0 Å². The highest BCUT2D eigenvalue weighted by atomic mass is 16.1. The monoisotopic (exact) mass is 254 g/mol. The molecule has 0 radical (unpaired) electrons. The third kappa shape index (κ3) is 5.38. The Bertz CT molecular complexity index is 278. The van der Waals surface area contributed by atoms with Gasteiger partial charge in [-0.3, -0.25) is 9.69 Å². The van der Waals surface area contributed by atoms with Crippen LogP contribution in [0.4, 0.5) is 0 Å². The molecule has 1 saturated heterocycles. The molecule has 1 N–H and O–H groups in total. The van der Waals surface area contributed by atoms with E-state index in [2.05, 4.69) is 31.0 Å². The average Bonchev–Trinajstić information content (AvgIpc) is 2.13. The van der Waals surface area contributed by atoms with Crippen LogP contribution in [-0.2, 0) is 4.79 Å². The lowest BCUT2D eigenvalue weighted by atomic mass is 9.90. The summed E-state index contributed by atoms with van der Waals surface area (Å²) >= 11 is 0. The van der Waals surface area contributed by atoms with E-state index in [9.17, 15) is 4.79 Å². The van der Waals surface area contributed by atoms with E-state index in [1.807, 2.05) is 20.8 Å². The van der Waals surface area contributed by atoms with Crippen LogP contribution in [0, 0.1) is 5.92 Å². The predicted octanol–water partition coefficient (Wildman–Crippen LogP) is 2.80. The topological polar surface area (TPSA) is 32.3 Å². The summed E-state index contributed by atoms with van der Waals surface area (Å²) in [5.41, 5.74) is 0.155. The standard InChI is InChI=1S/C15H30N2O/c1-14(2,3)16-13(18)11-12-7-9-17(10-8-12)15(4,5)6/h12H,7-11H2,1-6H3,(H,16,18). The van der Waals surface area contributed by atoms with Crippen molar-refractivity contribution in [1.82, 2.24) is 10.2 Å². The van der Waals surface area contributed by atoms with Crippen molar-refractivity contribution in [3.8, 4) is 0 Å². The number of carbonyl (C=O) groups excluding carboxylic acids is 1. The lowest BCUT2D eigenvalue weighted by molar-refractivity contribution is -0.123. The number of nitrogens with zero attached hydrogens (tertiary/aromatic N) is 1. The Balaban J connectivity index is 2.34. The molecule has 0 aliphatic carbocycles. The van der Waals surface area contributed by atoms with Crippen molar-refractivity contribution in [3.05, 3.63) is 0 Å². The first-order chi connectivity index (χ1) is 8.08. The van der Waals surface area contributed by atoms with Gasteiger partial charge in [0, 0.05) is 17.5 Å². The van der Waals surface area contributed by atoms with Gasteiger partial charge in [0.15, 0.2) is 0 Å². The molecule has 3 nitrogen and oxygen atoms in total. The fourth-order valence-electron chi connectivity index (χ4n) is 2.54. The molecule has 1 heterocycles. The number of rotatable bonds is 2. The zero-order chi connectivity index (χ0) is 14.0. The molecule has 3 heteroatoms. The molecular weight excluding hydrogens is 224 g/mol. The summed E-state index contributed by atoms with van der Waals surface area (Å²) in [6, 6.07) is 0. The Kier molecular flexibility index (Phi) is 4.82. The molecule has 0 aromatic rings. The van der Waals surface area contributed by atoms with E-state index in [0.717, 1.165) is 25.9 Å². The minimum Gasteiger partial charge on any atom is -0.352 e. The summed E-state index contributed by atoms with van der Waals surface area (Å²) in [6.45, 7) is 15.1. The van der Waals surface area contributed by atoms with Gasteiger partial charge in [-0.1, -0.05) is 0 Å². The maximum atomic E-state index is 11.9. The number of piperidine rings is 1. The third-order valence-corrected chi connectivity index (χ3v) is 3.55. The second-order valence-electron chi connectivity index (χ2n) is 7.60. The van der Waals surface area contributed by atoms with Crippen LogP contribution in [-0.4, -0.2) is 35.0 Å². The van der Waals surface area contributed by atoms with Gasteiger partial charge in [-0.2, -0.15) is 0 Å². The first-order valence-corrected chi connectivity index (χ1v) is 7.14. The molecule has 0 saturated carbocycles. The highest BCUT2D eigenvalue weighted by molar-refractivity contribution is 5.76. The van der Waals surface area contributed by atoms with E-state index in [1.54, 1.807) is 0 Å². The van der Waals surface area contributed by atoms with Gasteiger partial charge in [-0.25, -0.2) is 0 Å². The fraction of sp³-hybridized carbons (Fsp3) is 0.933. The van der Waals surface area contributed by atoms with E-state index in [-0.39, 0.29) is 17.0 Å². The van der Waals surface area contributed by atoms with Crippen LogP contribution in [0.3, 0.4) is 0 Å². The quantitative estimate of drug-likeness (QED) is 0.822. The average molecular weight is 254 g/mol. The van der Waals surface area contributed by atoms with Crippen molar-refractivity contribution in [2.24, 2.45) is 5.92 Å². The Hall–Kier alpha value is -0.570. The molecule has 18 heavy (non-hydrogen) atoms. The van der Waals surface area contributed by atoms with Gasteiger partial charge in [-0.05, 0) is 73.4 Å². The van der Waals surface area contributed by atoms with E-state index in [4.69, 9.17) is 0 Å². The Morgan fingerprint density at radius 3 is 2.00 bits per heavy atom. The first kappa shape index (κ1) is 15.5. The van der Waals surface area contributed by atoms with Crippen LogP contribution in [0.1, 0.15) is 60.8 Å². The van der Waals surface area contributed by atoms with Crippen molar-refractivity contribution in [2.45, 2.75) is 71.9 Å². The molecule has 0 bridgehead atoms. The number of likely N-dealkylation sites (tertiary alicyclic amines) is 1. The van der Waals surface area contributed by atoms with Crippen LogP contribution in [0.5, 0.6) is 0 Å². The maximum absolute atomic E-state index is 11.9. The van der Waals surface area contributed by atoms with Crippen LogP contribution < -0.4 is 5.32 Å². The molecule has 1 rings (SSSR count). The first-order valence-electron chi connectivity index (χ1n) is 7.14. The van der Waals surface area contributed by atoms with Gasteiger partial charge < -0.3 is 5.32 Å². The molecule has 0 spiro atoms. The van der Waals surface area contributed by atoms with E-state index in [1.165, 1.54) is 0 Å². The van der Waals surface area contributed by atoms with Crippen molar-refractivity contribution in [3.63, 3.8) is 0 Å². The normalized spacial score (nSPS) is 19.9. The minimum atomic E-state index is -0.108. The highest BCUT2D eigenvalue weighted by Gasteiger charge is 2.28. The smallest absolute Gasteiger partial charge is 0.220 e. The molecule has 0 unspecified atom stereocenters. The largest absolute Gasteiger partial charge is 0.352 e. The summed E-state index contributed by atoms with van der Waals surface area (Å²) in [7, 11) is 0. The number of hydrogen-bond donors (Lipinski definition) is 1. The van der Waals surface area contributed by atoms with Gasteiger partial charge in [0.25, 0.3) is 0 Å². The van der Waals surface area contributed by atoms with Gasteiger partial charge in [0.2, 0.25) is 5.91 Å². The van der Waals surface area contributed by atoms with E-state index < -0.39 is 0 Å². The lowest BCUT2D eigenvalue weighted by Gasteiger charge is -2.40. The van der Waals surface area contributed by atoms with Crippen molar-refractivity contribution in [1.29, 1.82) is 0 Å². The minimum absolute atomic E-state index is 0.108. The summed E-state index contributed by atoms with van der Waals surface area (Å²) < 4.78 is 0. The summed E-state index contributed by atoms with van der Waals surface area (Å²) in [4.78, 5) is 14.4. The molecule has 0 aromatic carbocycles. The van der Waals surface area contributed by atoms with Gasteiger partial charge in [0.05, 0.1) is 0 Å². The zero-order valence-electron chi connectivity index (χ0n) is 13.0. The van der Waals surface area contributed by atoms with Crippen LogP contribution in [0.2, 0.25) is 0 Å². The zero-order valence-corrected chi connectivity index (χ0v) is 13.0. The number of nitrogens with one attached hydrogen (secondary N) is 1. The Labute approximate surface area is 112 Å². The molecule has 1 amide bonds. The van der Waals surface area contributed by atoms with Crippen LogP contribution >= 0.6 is 0 Å².